The fourth-order valence-electron chi connectivity index (χ4n) is 1.44. The second kappa shape index (κ2) is 3.57. The number of rotatable bonds is 1. The van der Waals surface area contributed by atoms with Crippen molar-refractivity contribution in [1.82, 2.24) is 9.55 Å². The molecule has 2 aromatic rings. The SMILES string of the molecule is Cc1ccccc1-n1cc(N)cnc1=O. The van der Waals surface area contributed by atoms with Gasteiger partial charge in [-0.3, -0.25) is 4.57 Å². The Balaban J connectivity index is 2.69. The topological polar surface area (TPSA) is 60.9 Å². The minimum absolute atomic E-state index is 0.321. The van der Waals surface area contributed by atoms with Gasteiger partial charge in [-0.1, -0.05) is 18.2 Å². The van der Waals surface area contributed by atoms with Crippen LogP contribution >= 0.6 is 0 Å². The first-order valence-corrected chi connectivity index (χ1v) is 4.58. The number of aryl methyl sites for hydroxylation is 1. The molecule has 15 heavy (non-hydrogen) atoms. The number of nitrogen functional groups attached to an aromatic ring is 1. The second-order valence-corrected chi connectivity index (χ2v) is 3.33. The van der Waals surface area contributed by atoms with Gasteiger partial charge in [0.1, 0.15) is 0 Å². The van der Waals surface area contributed by atoms with Crippen molar-refractivity contribution in [3.05, 3.63) is 52.7 Å². The summed E-state index contributed by atoms with van der Waals surface area (Å²) in [6, 6.07) is 7.59. The molecule has 4 heteroatoms. The molecule has 2 rings (SSSR count). The summed E-state index contributed by atoms with van der Waals surface area (Å²) < 4.78 is 1.45. The Morgan fingerprint density at radius 1 is 1.33 bits per heavy atom. The van der Waals surface area contributed by atoms with Crippen LogP contribution in [0.15, 0.2) is 41.5 Å². The zero-order chi connectivity index (χ0) is 10.8. The van der Waals surface area contributed by atoms with Gasteiger partial charge in [0.15, 0.2) is 0 Å². The average Bonchev–Trinajstić information content (AvgIpc) is 2.23. The van der Waals surface area contributed by atoms with Crippen molar-refractivity contribution in [3.8, 4) is 5.69 Å². The predicted octanol–water partition coefficient (Wildman–Crippen LogP) is 1.12. The molecule has 0 saturated carbocycles. The minimum Gasteiger partial charge on any atom is -0.396 e. The number of hydrogen-bond acceptors (Lipinski definition) is 3. The van der Waals surface area contributed by atoms with E-state index in [0.717, 1.165) is 11.3 Å². The van der Waals surface area contributed by atoms with E-state index in [1.165, 1.54) is 10.8 Å². The summed E-state index contributed by atoms with van der Waals surface area (Å²) in [7, 11) is 0. The lowest BCUT2D eigenvalue weighted by molar-refractivity contribution is 0.910. The molecule has 0 aliphatic rings. The highest BCUT2D eigenvalue weighted by Gasteiger charge is 2.02. The first kappa shape index (κ1) is 9.45. The Morgan fingerprint density at radius 3 is 2.80 bits per heavy atom. The molecule has 2 N–H and O–H groups in total. The Morgan fingerprint density at radius 2 is 2.07 bits per heavy atom. The maximum Gasteiger partial charge on any atom is 0.352 e. The minimum atomic E-state index is -0.321. The number of nitrogens with zero attached hydrogens (tertiary/aromatic N) is 2. The maximum atomic E-state index is 11.5. The molecule has 0 aliphatic carbocycles. The van der Waals surface area contributed by atoms with Crippen molar-refractivity contribution in [2.75, 3.05) is 5.73 Å². The highest BCUT2D eigenvalue weighted by Crippen LogP contribution is 2.11. The standard InChI is InChI=1S/C11H11N3O/c1-8-4-2-3-5-10(8)14-7-9(12)6-13-11(14)15/h2-7H,12H2,1H3. The van der Waals surface area contributed by atoms with Crippen molar-refractivity contribution in [2.45, 2.75) is 6.92 Å². The van der Waals surface area contributed by atoms with Crippen LogP contribution in [0.1, 0.15) is 5.56 Å². The zero-order valence-electron chi connectivity index (χ0n) is 8.34. The third-order valence-electron chi connectivity index (χ3n) is 2.18. The van der Waals surface area contributed by atoms with Gasteiger partial charge in [-0.15, -0.1) is 0 Å². The third-order valence-corrected chi connectivity index (χ3v) is 2.18. The van der Waals surface area contributed by atoms with Crippen LogP contribution in [0.2, 0.25) is 0 Å². The average molecular weight is 201 g/mol. The van der Waals surface area contributed by atoms with Gasteiger partial charge in [-0.2, -0.15) is 4.98 Å². The Hall–Kier alpha value is -2.10. The first-order valence-electron chi connectivity index (χ1n) is 4.58. The van der Waals surface area contributed by atoms with Crippen molar-refractivity contribution >= 4 is 5.69 Å². The van der Waals surface area contributed by atoms with Crippen LogP contribution in [0.5, 0.6) is 0 Å². The Kier molecular flexibility index (Phi) is 2.25. The van der Waals surface area contributed by atoms with Gasteiger partial charge < -0.3 is 5.73 Å². The number of anilines is 1. The molecule has 0 amide bonds. The molecule has 4 nitrogen and oxygen atoms in total. The van der Waals surface area contributed by atoms with Gasteiger partial charge in [0.2, 0.25) is 0 Å². The van der Waals surface area contributed by atoms with E-state index in [1.54, 1.807) is 6.20 Å². The summed E-state index contributed by atoms with van der Waals surface area (Å²) in [4.78, 5) is 15.2. The van der Waals surface area contributed by atoms with E-state index in [0.29, 0.717) is 5.69 Å². The molecule has 0 saturated heterocycles. The number of hydrogen-bond donors (Lipinski definition) is 1. The summed E-state index contributed by atoms with van der Waals surface area (Å²) in [6.45, 7) is 1.94. The largest absolute Gasteiger partial charge is 0.396 e. The van der Waals surface area contributed by atoms with E-state index in [-0.39, 0.29) is 5.69 Å². The van der Waals surface area contributed by atoms with Gasteiger partial charge in [0, 0.05) is 6.20 Å². The second-order valence-electron chi connectivity index (χ2n) is 3.33. The third kappa shape index (κ3) is 1.74. The van der Waals surface area contributed by atoms with Crippen molar-refractivity contribution in [3.63, 3.8) is 0 Å². The Bertz CT molecular complexity index is 546. The molecule has 0 fully saturated rings. The molecular weight excluding hydrogens is 190 g/mol. The maximum absolute atomic E-state index is 11.5. The summed E-state index contributed by atoms with van der Waals surface area (Å²) in [5.41, 5.74) is 7.56. The van der Waals surface area contributed by atoms with Crippen molar-refractivity contribution in [2.24, 2.45) is 0 Å². The number of aromatic nitrogens is 2. The fraction of sp³-hybridized carbons (Fsp3) is 0.0909. The van der Waals surface area contributed by atoms with E-state index < -0.39 is 0 Å². The lowest BCUT2D eigenvalue weighted by Crippen LogP contribution is -2.21. The summed E-state index contributed by atoms with van der Waals surface area (Å²) in [5.74, 6) is 0. The van der Waals surface area contributed by atoms with Crippen LogP contribution in [0.3, 0.4) is 0 Å². The molecule has 0 unspecified atom stereocenters. The van der Waals surface area contributed by atoms with Crippen LogP contribution in [-0.2, 0) is 0 Å². The summed E-state index contributed by atoms with van der Waals surface area (Å²) in [5, 5.41) is 0. The van der Waals surface area contributed by atoms with Crippen LogP contribution in [-0.4, -0.2) is 9.55 Å². The van der Waals surface area contributed by atoms with Crippen LogP contribution in [0.4, 0.5) is 5.69 Å². The number of nitrogens with two attached hydrogens (primary N) is 1. The van der Waals surface area contributed by atoms with E-state index >= 15 is 0 Å². The van der Waals surface area contributed by atoms with Crippen molar-refractivity contribution in [1.29, 1.82) is 0 Å². The molecule has 0 aliphatic heterocycles. The van der Waals surface area contributed by atoms with Crippen molar-refractivity contribution < 1.29 is 0 Å². The Labute approximate surface area is 87.0 Å². The zero-order valence-corrected chi connectivity index (χ0v) is 8.34. The first-order chi connectivity index (χ1) is 7.18. The van der Waals surface area contributed by atoms with Gasteiger partial charge in [-0.25, -0.2) is 4.79 Å². The molecule has 0 atom stereocenters. The monoisotopic (exact) mass is 201 g/mol. The number of para-hydroxylation sites is 1. The lowest BCUT2D eigenvalue weighted by Gasteiger charge is -2.08. The fourth-order valence-corrected chi connectivity index (χ4v) is 1.44. The van der Waals surface area contributed by atoms with Crippen LogP contribution in [0.25, 0.3) is 5.69 Å². The van der Waals surface area contributed by atoms with E-state index in [9.17, 15) is 4.79 Å². The lowest BCUT2D eigenvalue weighted by atomic mass is 10.2. The summed E-state index contributed by atoms with van der Waals surface area (Å²) >= 11 is 0. The van der Waals surface area contributed by atoms with Gasteiger partial charge in [-0.05, 0) is 18.6 Å². The highest BCUT2D eigenvalue weighted by atomic mass is 16.1. The van der Waals surface area contributed by atoms with E-state index in [1.807, 2.05) is 31.2 Å². The van der Waals surface area contributed by atoms with Gasteiger partial charge in [0.05, 0.1) is 17.6 Å². The van der Waals surface area contributed by atoms with Gasteiger partial charge in [0.25, 0.3) is 0 Å². The highest BCUT2D eigenvalue weighted by molar-refractivity contribution is 5.42. The van der Waals surface area contributed by atoms with Crippen LogP contribution in [0, 0.1) is 6.92 Å². The molecule has 1 aromatic heterocycles. The van der Waals surface area contributed by atoms with E-state index in [2.05, 4.69) is 4.98 Å². The quantitative estimate of drug-likeness (QED) is 0.752. The molecule has 76 valence electrons. The molecule has 0 radical (unpaired) electrons. The molecule has 0 spiro atoms. The molecule has 1 heterocycles. The summed E-state index contributed by atoms with van der Waals surface area (Å²) in [6.07, 6.45) is 2.94. The number of benzene rings is 1. The predicted molar refractivity (Wildman–Crippen MR) is 59.0 cm³/mol. The molecule has 1 aromatic carbocycles. The normalized spacial score (nSPS) is 10.2. The molecular formula is C11H11N3O. The van der Waals surface area contributed by atoms with E-state index in [4.69, 9.17) is 5.73 Å². The van der Waals surface area contributed by atoms with Crippen LogP contribution < -0.4 is 11.4 Å². The molecule has 0 bridgehead atoms. The van der Waals surface area contributed by atoms with Gasteiger partial charge >= 0.3 is 5.69 Å². The smallest absolute Gasteiger partial charge is 0.352 e.